The molecule has 8 aromatic carbocycles. The van der Waals surface area contributed by atoms with E-state index in [0.29, 0.717) is 0 Å². The Labute approximate surface area is 418 Å². The van der Waals surface area contributed by atoms with Gasteiger partial charge < -0.3 is 19.4 Å². The van der Waals surface area contributed by atoms with Gasteiger partial charge >= 0.3 is 0 Å². The van der Waals surface area contributed by atoms with E-state index in [0.717, 1.165) is 23.6 Å². The zero-order valence-corrected chi connectivity index (χ0v) is 41.9. The molecule has 1 aliphatic carbocycles. The molecule has 8 heteroatoms. The van der Waals surface area contributed by atoms with E-state index < -0.39 is 0 Å². The summed E-state index contributed by atoms with van der Waals surface area (Å²) in [6.07, 6.45) is 2.33. The van der Waals surface area contributed by atoms with Crippen LogP contribution in [-0.4, -0.2) is 13.4 Å². The highest BCUT2D eigenvalue weighted by Crippen LogP contribution is 2.53. The largest absolute Gasteiger partial charge is 0.458 e. The van der Waals surface area contributed by atoms with Crippen LogP contribution in [0.5, 0.6) is 11.5 Å². The van der Waals surface area contributed by atoms with Gasteiger partial charge in [0.15, 0.2) is 0 Å². The Morgan fingerprint density at radius 2 is 0.957 bits per heavy atom. The molecule has 2 aromatic heterocycles. The number of hydrogen-bond acceptors (Lipinski definition) is 6. The van der Waals surface area contributed by atoms with Gasteiger partial charge in [-0.3, -0.25) is 0 Å². The van der Waals surface area contributed by atoms with Gasteiger partial charge in [0, 0.05) is 75.6 Å². The van der Waals surface area contributed by atoms with Gasteiger partial charge in [0.2, 0.25) is 0 Å². The molecule has 4 nitrogen and oxygen atoms in total. The maximum absolute atomic E-state index is 7.44. The van der Waals surface area contributed by atoms with Crippen molar-refractivity contribution in [3.8, 4) is 11.5 Å². The van der Waals surface area contributed by atoms with E-state index in [1.807, 2.05) is 22.7 Å². The highest BCUT2D eigenvalue weighted by atomic mass is 32.1. The predicted molar refractivity (Wildman–Crippen MR) is 302 cm³/mol. The van der Waals surface area contributed by atoms with E-state index in [-0.39, 0.29) is 24.3 Å². The lowest BCUT2D eigenvalue weighted by molar-refractivity contribution is 0.332. The minimum atomic E-state index is -0.0302. The van der Waals surface area contributed by atoms with Gasteiger partial charge in [-0.1, -0.05) is 113 Å². The molecule has 0 saturated heterocycles. The molecule has 0 radical (unpaired) electrons. The van der Waals surface area contributed by atoms with E-state index in [4.69, 9.17) is 4.74 Å². The standard InChI is InChI=1S/C62H49B2N3OS2/c1-36-29-48-55-49(30-36)66(38-17-9-7-10-18-38)57-41-21-13-15-23-53(41)69-59(57)63(55)45-34-46-51(35-47(45)65(48)40-25-26-43-44(33-40)62(5,6)28-27-61(43,3)4)68-52-32-37(2)31-50-56(52)64(46)60-58(42-22-14-16-24-54(42)70-60)67(50)39-19-11-8-12-20-39/h7-26,29-35H,27-28H2,1-6H3. The second-order valence-corrected chi connectivity index (χ2v) is 23.8. The summed E-state index contributed by atoms with van der Waals surface area (Å²) in [6, 6.07) is 62.0. The van der Waals surface area contributed by atoms with Crippen LogP contribution in [0.1, 0.15) is 62.8 Å². The maximum atomic E-state index is 7.44. The lowest BCUT2D eigenvalue weighted by Crippen LogP contribution is -2.63. The van der Waals surface area contributed by atoms with E-state index in [1.165, 1.54) is 126 Å². The van der Waals surface area contributed by atoms with Crippen molar-refractivity contribution < 1.29 is 4.74 Å². The maximum Gasteiger partial charge on any atom is 0.268 e. The fourth-order valence-corrected chi connectivity index (χ4v) is 15.7. The first kappa shape index (κ1) is 40.9. The monoisotopic (exact) mass is 937 g/mol. The summed E-state index contributed by atoms with van der Waals surface area (Å²) >= 11 is 3.90. The highest BCUT2D eigenvalue weighted by molar-refractivity contribution is 7.34. The van der Waals surface area contributed by atoms with Gasteiger partial charge in [0.1, 0.15) is 11.5 Å². The van der Waals surface area contributed by atoms with Crippen LogP contribution in [0, 0.1) is 13.8 Å². The third kappa shape index (κ3) is 5.55. The summed E-state index contributed by atoms with van der Waals surface area (Å²) < 4.78 is 12.8. The quantitative estimate of drug-likeness (QED) is 0.164. The Hall–Kier alpha value is -6.99. The molecule has 5 aliphatic rings. The summed E-state index contributed by atoms with van der Waals surface area (Å²) in [5.41, 5.74) is 21.6. The second-order valence-electron chi connectivity index (χ2n) is 21.6. The van der Waals surface area contributed by atoms with Crippen LogP contribution in [-0.2, 0) is 10.8 Å². The molecular formula is C62H49B2N3OS2. The summed E-state index contributed by atoms with van der Waals surface area (Å²) in [5, 5.41) is 2.58. The number of para-hydroxylation sites is 2. The lowest BCUT2D eigenvalue weighted by Gasteiger charge is -2.45. The Bertz CT molecular complexity index is 3890. The molecule has 0 N–H and O–H groups in total. The van der Waals surface area contributed by atoms with E-state index in [9.17, 15) is 0 Å². The summed E-state index contributed by atoms with van der Waals surface area (Å²) in [6.45, 7) is 14.2. The van der Waals surface area contributed by atoms with Crippen LogP contribution in [0.4, 0.5) is 51.2 Å². The molecule has 6 heterocycles. The molecule has 4 aliphatic heterocycles. The predicted octanol–water partition coefficient (Wildman–Crippen LogP) is 13.6. The zero-order chi connectivity index (χ0) is 46.9. The van der Waals surface area contributed by atoms with Gasteiger partial charge in [0.25, 0.3) is 13.4 Å². The number of nitrogens with zero attached hydrogens (tertiary/aromatic N) is 3. The number of aryl methyl sites for hydroxylation is 2. The molecule has 0 fully saturated rings. The van der Waals surface area contributed by atoms with Crippen LogP contribution in [0.2, 0.25) is 0 Å². The van der Waals surface area contributed by atoms with Gasteiger partial charge in [-0.05, 0) is 154 Å². The molecule has 0 unspecified atom stereocenters. The average molecular weight is 938 g/mol. The zero-order valence-electron chi connectivity index (χ0n) is 40.2. The Morgan fingerprint density at radius 3 is 1.57 bits per heavy atom. The van der Waals surface area contributed by atoms with Crippen molar-refractivity contribution in [2.75, 3.05) is 14.7 Å². The Kier molecular flexibility index (Phi) is 8.35. The fourth-order valence-electron chi connectivity index (χ4n) is 13.1. The fraction of sp³-hybridized carbons (Fsp3) is 0.161. The first-order chi connectivity index (χ1) is 34.0. The van der Waals surface area contributed by atoms with Crippen molar-refractivity contribution in [2.24, 2.45) is 0 Å². The number of rotatable bonds is 3. The SMILES string of the molecule is Cc1cc2c3c(c1)N(c1ccccc1)c1c(sc4ccccc14)B3c1cc3c(cc1O2)N(c1ccc2c(c1)C(C)(C)CCC2(C)C)c1cc(C)cc2c1B3c1sc3ccccc3c1N2c1ccccc1. The summed E-state index contributed by atoms with van der Waals surface area (Å²) in [7, 11) is 0. The third-order valence-electron chi connectivity index (χ3n) is 16.4. The second kappa shape index (κ2) is 14.3. The number of hydrogen-bond donors (Lipinski definition) is 0. The number of anilines is 9. The van der Waals surface area contributed by atoms with Crippen LogP contribution in [0.15, 0.2) is 164 Å². The minimum absolute atomic E-state index is 0.0207. The Balaban J connectivity index is 1.05. The van der Waals surface area contributed by atoms with Gasteiger partial charge in [-0.15, -0.1) is 22.7 Å². The molecule has 0 saturated carbocycles. The van der Waals surface area contributed by atoms with Crippen LogP contribution in [0.3, 0.4) is 0 Å². The smallest absolute Gasteiger partial charge is 0.268 e. The summed E-state index contributed by atoms with van der Waals surface area (Å²) in [5.74, 6) is 1.88. The molecule has 70 heavy (non-hydrogen) atoms. The van der Waals surface area contributed by atoms with Crippen LogP contribution < -0.4 is 50.8 Å². The van der Waals surface area contributed by atoms with E-state index in [1.54, 1.807) is 0 Å². The summed E-state index contributed by atoms with van der Waals surface area (Å²) in [4.78, 5) is 7.70. The van der Waals surface area contributed by atoms with Gasteiger partial charge in [0.05, 0.1) is 11.4 Å². The van der Waals surface area contributed by atoms with Gasteiger partial charge in [-0.2, -0.15) is 0 Å². The highest BCUT2D eigenvalue weighted by Gasteiger charge is 2.50. The van der Waals surface area contributed by atoms with Gasteiger partial charge in [-0.25, -0.2) is 0 Å². The van der Waals surface area contributed by atoms with Crippen molar-refractivity contribution in [2.45, 2.75) is 65.2 Å². The topological polar surface area (TPSA) is 19.0 Å². The number of benzene rings is 8. The molecule has 0 amide bonds. The Morgan fingerprint density at radius 1 is 0.443 bits per heavy atom. The normalized spacial score (nSPS) is 16.2. The van der Waals surface area contributed by atoms with E-state index >= 15 is 0 Å². The molecule has 0 spiro atoms. The van der Waals surface area contributed by atoms with E-state index in [2.05, 4.69) is 220 Å². The number of thiophene rings is 2. The van der Waals surface area contributed by atoms with Crippen molar-refractivity contribution in [3.05, 3.63) is 186 Å². The first-order valence-electron chi connectivity index (χ1n) is 24.9. The van der Waals surface area contributed by atoms with Crippen molar-refractivity contribution in [1.29, 1.82) is 0 Å². The molecule has 0 atom stereocenters. The van der Waals surface area contributed by atoms with Crippen LogP contribution in [0.25, 0.3) is 20.2 Å². The van der Waals surface area contributed by atoms with Crippen molar-refractivity contribution >= 4 is 139 Å². The molecule has 10 aromatic rings. The molecule has 336 valence electrons. The molecule has 0 bridgehead atoms. The first-order valence-corrected chi connectivity index (χ1v) is 26.5. The molecule has 15 rings (SSSR count). The van der Waals surface area contributed by atoms with Crippen molar-refractivity contribution in [3.63, 3.8) is 0 Å². The minimum Gasteiger partial charge on any atom is -0.458 e. The number of fused-ring (bicyclic) bond motifs is 13. The number of ether oxygens (including phenoxy) is 1. The third-order valence-corrected chi connectivity index (χ3v) is 18.8. The van der Waals surface area contributed by atoms with Crippen LogP contribution >= 0.6 is 22.7 Å². The lowest BCUT2D eigenvalue weighted by atomic mass is 9.33. The van der Waals surface area contributed by atoms with Crippen molar-refractivity contribution in [1.82, 2.24) is 0 Å². The average Bonchev–Trinajstić information content (AvgIpc) is 3.94. The molecular weight excluding hydrogens is 888 g/mol.